The molecule has 1 aromatic heterocycles. The highest BCUT2D eigenvalue weighted by molar-refractivity contribution is 5.60. The van der Waals surface area contributed by atoms with E-state index in [-0.39, 0.29) is 5.75 Å². The normalized spacial score (nSPS) is 14.6. The van der Waals surface area contributed by atoms with Gasteiger partial charge in [0.2, 0.25) is 0 Å². The number of rotatable bonds is 4. The third-order valence-electron chi connectivity index (χ3n) is 3.23. The van der Waals surface area contributed by atoms with Crippen LogP contribution in [0.25, 0.3) is 5.69 Å². The summed E-state index contributed by atoms with van der Waals surface area (Å²) in [5.74, 6) is 0.335. The summed E-state index contributed by atoms with van der Waals surface area (Å²) in [5.41, 5.74) is 7.94. The largest absolute Gasteiger partial charge is 0.491 e. The summed E-state index contributed by atoms with van der Waals surface area (Å²) in [6.07, 6.45) is 4.24. The maximum atomic E-state index is 13.6. The lowest BCUT2D eigenvalue weighted by Gasteiger charge is -2.10. The number of nitrogens with zero attached hydrogens (tertiary/aromatic N) is 2. The Morgan fingerprint density at radius 3 is 2.95 bits per heavy atom. The lowest BCUT2D eigenvalue weighted by molar-refractivity contribution is 0.321. The molecule has 1 saturated carbocycles. The van der Waals surface area contributed by atoms with Gasteiger partial charge >= 0.3 is 0 Å². The SMILES string of the molecule is CCOc1cc(-n2ccc(C3CC3)n2)c(N)cc1F. The number of nitrogen functional groups attached to an aromatic ring is 1. The monoisotopic (exact) mass is 261 g/mol. The Kier molecular flexibility index (Phi) is 2.89. The number of hydrogen-bond acceptors (Lipinski definition) is 3. The standard InChI is InChI=1S/C14H16FN3O/c1-2-19-14-8-13(11(16)7-10(14)15)18-6-5-12(17-18)9-3-4-9/h5-9H,2-4,16H2,1H3. The molecule has 0 saturated heterocycles. The minimum atomic E-state index is -0.447. The average molecular weight is 261 g/mol. The van der Waals surface area contributed by atoms with Gasteiger partial charge in [0.15, 0.2) is 11.6 Å². The van der Waals surface area contributed by atoms with Crippen molar-refractivity contribution in [3.63, 3.8) is 0 Å². The minimum absolute atomic E-state index is 0.204. The summed E-state index contributed by atoms with van der Waals surface area (Å²) < 4.78 is 20.6. The second kappa shape index (κ2) is 4.57. The van der Waals surface area contributed by atoms with Crippen LogP contribution in [0.15, 0.2) is 24.4 Å². The number of anilines is 1. The van der Waals surface area contributed by atoms with Crippen molar-refractivity contribution < 1.29 is 9.13 Å². The van der Waals surface area contributed by atoms with Crippen molar-refractivity contribution in [1.82, 2.24) is 9.78 Å². The fourth-order valence-corrected chi connectivity index (χ4v) is 2.09. The Morgan fingerprint density at radius 1 is 1.47 bits per heavy atom. The molecule has 2 N–H and O–H groups in total. The molecule has 5 heteroatoms. The summed E-state index contributed by atoms with van der Waals surface area (Å²) in [4.78, 5) is 0. The Bertz CT molecular complexity index is 605. The maximum Gasteiger partial charge on any atom is 0.167 e. The highest BCUT2D eigenvalue weighted by Crippen LogP contribution is 2.39. The Labute approximate surface area is 111 Å². The Morgan fingerprint density at radius 2 is 2.26 bits per heavy atom. The highest BCUT2D eigenvalue weighted by Gasteiger charge is 2.26. The van der Waals surface area contributed by atoms with Crippen LogP contribution in [0.1, 0.15) is 31.4 Å². The first kappa shape index (κ1) is 12.0. The van der Waals surface area contributed by atoms with Gasteiger partial charge in [-0.25, -0.2) is 9.07 Å². The molecule has 4 nitrogen and oxygen atoms in total. The number of benzene rings is 1. The fraction of sp³-hybridized carbons (Fsp3) is 0.357. The van der Waals surface area contributed by atoms with E-state index in [1.54, 1.807) is 10.7 Å². The molecule has 1 fully saturated rings. The van der Waals surface area contributed by atoms with Crippen LogP contribution in [0, 0.1) is 5.82 Å². The van der Waals surface area contributed by atoms with Crippen molar-refractivity contribution in [1.29, 1.82) is 0 Å². The summed E-state index contributed by atoms with van der Waals surface area (Å²) in [6, 6.07) is 4.86. The van der Waals surface area contributed by atoms with Crippen molar-refractivity contribution >= 4 is 5.69 Å². The number of aromatic nitrogens is 2. The molecule has 1 aliphatic rings. The quantitative estimate of drug-likeness (QED) is 0.861. The second-order valence-corrected chi connectivity index (χ2v) is 4.73. The molecule has 0 unspecified atom stereocenters. The lowest BCUT2D eigenvalue weighted by atomic mass is 10.2. The highest BCUT2D eigenvalue weighted by atomic mass is 19.1. The first-order valence-electron chi connectivity index (χ1n) is 6.46. The molecule has 0 radical (unpaired) electrons. The van der Waals surface area contributed by atoms with Gasteiger partial charge in [-0.15, -0.1) is 0 Å². The van der Waals surface area contributed by atoms with Gasteiger partial charge in [0.05, 0.1) is 23.7 Å². The van der Waals surface area contributed by atoms with E-state index in [2.05, 4.69) is 5.10 Å². The van der Waals surface area contributed by atoms with Gasteiger partial charge in [0, 0.05) is 24.2 Å². The smallest absolute Gasteiger partial charge is 0.167 e. The molecule has 3 rings (SSSR count). The number of nitrogens with two attached hydrogens (primary N) is 1. The number of ether oxygens (including phenoxy) is 1. The summed E-state index contributed by atoms with van der Waals surface area (Å²) >= 11 is 0. The molecule has 100 valence electrons. The third kappa shape index (κ3) is 2.28. The molecular formula is C14H16FN3O. The van der Waals surface area contributed by atoms with E-state index in [4.69, 9.17) is 10.5 Å². The van der Waals surface area contributed by atoms with Gasteiger partial charge in [0.25, 0.3) is 0 Å². The number of halogens is 1. The molecular weight excluding hydrogens is 245 g/mol. The van der Waals surface area contributed by atoms with Crippen LogP contribution in [-0.4, -0.2) is 16.4 Å². The van der Waals surface area contributed by atoms with E-state index in [0.717, 1.165) is 5.69 Å². The van der Waals surface area contributed by atoms with Crippen LogP contribution >= 0.6 is 0 Å². The van der Waals surface area contributed by atoms with Crippen LogP contribution in [0.4, 0.5) is 10.1 Å². The van der Waals surface area contributed by atoms with Crippen molar-refractivity contribution in [3.05, 3.63) is 35.9 Å². The number of hydrogen-bond donors (Lipinski definition) is 1. The topological polar surface area (TPSA) is 53.1 Å². The van der Waals surface area contributed by atoms with E-state index in [1.807, 2.05) is 19.2 Å². The van der Waals surface area contributed by atoms with Gasteiger partial charge < -0.3 is 10.5 Å². The molecule has 0 atom stereocenters. The summed E-state index contributed by atoms with van der Waals surface area (Å²) in [5, 5.41) is 4.49. The summed E-state index contributed by atoms with van der Waals surface area (Å²) in [7, 11) is 0. The average Bonchev–Trinajstić information content (AvgIpc) is 3.12. The van der Waals surface area contributed by atoms with Gasteiger partial charge in [0.1, 0.15) is 0 Å². The van der Waals surface area contributed by atoms with E-state index in [1.165, 1.54) is 18.9 Å². The van der Waals surface area contributed by atoms with E-state index < -0.39 is 5.82 Å². The molecule has 0 amide bonds. The van der Waals surface area contributed by atoms with Gasteiger partial charge in [-0.05, 0) is 25.8 Å². The third-order valence-corrected chi connectivity index (χ3v) is 3.23. The lowest BCUT2D eigenvalue weighted by Crippen LogP contribution is -2.04. The predicted octanol–water partition coefficient (Wildman–Crippen LogP) is 2.87. The fourth-order valence-electron chi connectivity index (χ4n) is 2.09. The summed E-state index contributed by atoms with van der Waals surface area (Å²) in [6.45, 7) is 2.22. The zero-order valence-corrected chi connectivity index (χ0v) is 10.8. The predicted molar refractivity (Wildman–Crippen MR) is 71.1 cm³/mol. The minimum Gasteiger partial charge on any atom is -0.491 e. The molecule has 0 bridgehead atoms. The molecule has 0 aliphatic heterocycles. The molecule has 0 spiro atoms. The zero-order chi connectivity index (χ0) is 13.4. The first-order chi connectivity index (χ1) is 9.19. The Balaban J connectivity index is 1.99. The van der Waals surface area contributed by atoms with Crippen molar-refractivity contribution in [2.45, 2.75) is 25.7 Å². The Hall–Kier alpha value is -2.04. The van der Waals surface area contributed by atoms with Gasteiger partial charge in [-0.3, -0.25) is 0 Å². The molecule has 1 aliphatic carbocycles. The van der Waals surface area contributed by atoms with E-state index in [0.29, 0.717) is 23.9 Å². The van der Waals surface area contributed by atoms with Crippen LogP contribution in [0.5, 0.6) is 5.75 Å². The van der Waals surface area contributed by atoms with Gasteiger partial charge in [-0.2, -0.15) is 5.10 Å². The van der Waals surface area contributed by atoms with E-state index >= 15 is 0 Å². The molecule has 1 heterocycles. The van der Waals surface area contributed by atoms with Gasteiger partial charge in [-0.1, -0.05) is 0 Å². The zero-order valence-electron chi connectivity index (χ0n) is 10.8. The molecule has 19 heavy (non-hydrogen) atoms. The van der Waals surface area contributed by atoms with E-state index in [9.17, 15) is 4.39 Å². The maximum absolute atomic E-state index is 13.6. The van der Waals surface area contributed by atoms with Crippen LogP contribution in [0.3, 0.4) is 0 Å². The van der Waals surface area contributed by atoms with Crippen LogP contribution in [0.2, 0.25) is 0 Å². The van der Waals surface area contributed by atoms with Crippen molar-refractivity contribution in [2.75, 3.05) is 12.3 Å². The van der Waals surface area contributed by atoms with Crippen LogP contribution < -0.4 is 10.5 Å². The second-order valence-electron chi connectivity index (χ2n) is 4.73. The van der Waals surface area contributed by atoms with Crippen molar-refractivity contribution in [3.8, 4) is 11.4 Å². The van der Waals surface area contributed by atoms with Crippen molar-refractivity contribution in [2.24, 2.45) is 0 Å². The molecule has 1 aromatic carbocycles. The molecule has 2 aromatic rings. The van der Waals surface area contributed by atoms with Crippen LogP contribution in [-0.2, 0) is 0 Å². The first-order valence-corrected chi connectivity index (χ1v) is 6.46.